The van der Waals surface area contributed by atoms with Gasteiger partial charge in [-0.15, -0.1) is 0 Å². The molecule has 32 heavy (non-hydrogen) atoms. The van der Waals surface area contributed by atoms with Gasteiger partial charge in [-0.3, -0.25) is 9.59 Å². The largest absolute Gasteiger partial charge is 0.495 e. The van der Waals surface area contributed by atoms with E-state index in [2.05, 4.69) is 15.8 Å². The molecule has 2 aromatic carbocycles. The van der Waals surface area contributed by atoms with Crippen LogP contribution < -0.4 is 15.5 Å². The molecule has 0 bridgehead atoms. The summed E-state index contributed by atoms with van der Waals surface area (Å²) in [5, 5.41) is 7.60. The molecule has 7 nitrogen and oxygen atoms in total. The summed E-state index contributed by atoms with van der Waals surface area (Å²) in [6.45, 7) is 3.79. The Kier molecular flexibility index (Phi) is 7.45. The molecule has 0 aliphatic heterocycles. The summed E-state index contributed by atoms with van der Waals surface area (Å²) >= 11 is 18.4. The second-order valence-electron chi connectivity index (χ2n) is 6.73. The van der Waals surface area contributed by atoms with Crippen LogP contribution >= 0.6 is 34.8 Å². The second kappa shape index (κ2) is 10.1. The lowest BCUT2D eigenvalue weighted by Crippen LogP contribution is -2.32. The molecule has 0 radical (unpaired) electrons. The minimum atomic E-state index is -0.949. The van der Waals surface area contributed by atoms with E-state index < -0.39 is 11.8 Å². The number of ether oxygens (including phenoxy) is 1. The zero-order chi connectivity index (χ0) is 23.4. The van der Waals surface area contributed by atoms with Gasteiger partial charge >= 0.3 is 11.8 Å². The maximum Gasteiger partial charge on any atom is 0.329 e. The summed E-state index contributed by atoms with van der Waals surface area (Å²) in [6.07, 6.45) is 1.45. The average Bonchev–Trinajstić information content (AvgIpc) is 3.03. The monoisotopic (exact) mass is 492 g/mol. The third kappa shape index (κ3) is 5.07. The summed E-state index contributed by atoms with van der Waals surface area (Å²) in [6, 6.07) is 11.9. The van der Waals surface area contributed by atoms with Crippen molar-refractivity contribution in [3.05, 3.63) is 74.5 Å². The molecule has 3 rings (SSSR count). The highest BCUT2D eigenvalue weighted by Gasteiger charge is 2.17. The molecular weight excluding hydrogens is 475 g/mol. The van der Waals surface area contributed by atoms with Crippen LogP contribution in [0.15, 0.2) is 47.6 Å². The van der Waals surface area contributed by atoms with E-state index in [1.165, 1.54) is 19.4 Å². The number of nitrogens with zero attached hydrogens (tertiary/aromatic N) is 2. The SMILES string of the molecule is COc1ccc(Cl)cc1NC(=O)C(=O)N/N=C\c1cc(C)n(-c2cccc(Cl)c2Cl)c1C. The summed E-state index contributed by atoms with van der Waals surface area (Å²) in [5.74, 6) is -1.50. The standard InChI is InChI=1S/C22H19Cl3N4O3/c1-12-9-14(13(2)29(12)18-6-4-5-16(24)20(18)25)11-26-28-22(31)21(30)27-17-10-15(23)7-8-19(17)32-3/h4-11H,1-3H3,(H,27,30)(H,28,31)/b26-11-. The molecule has 3 aromatic rings. The van der Waals surface area contributed by atoms with Crippen LogP contribution in [0.5, 0.6) is 5.75 Å². The maximum absolute atomic E-state index is 12.2. The van der Waals surface area contributed by atoms with Crippen molar-refractivity contribution in [2.24, 2.45) is 5.10 Å². The number of amides is 2. The van der Waals surface area contributed by atoms with Gasteiger partial charge in [-0.1, -0.05) is 40.9 Å². The highest BCUT2D eigenvalue weighted by atomic mass is 35.5. The Hall–Kier alpha value is -3.00. The summed E-state index contributed by atoms with van der Waals surface area (Å²) in [4.78, 5) is 24.3. The van der Waals surface area contributed by atoms with Gasteiger partial charge in [-0.25, -0.2) is 5.43 Å². The Balaban J connectivity index is 1.73. The Labute approximate surface area is 199 Å². The normalized spacial score (nSPS) is 10.9. The van der Waals surface area contributed by atoms with Crippen LogP contribution in [-0.4, -0.2) is 29.7 Å². The zero-order valence-electron chi connectivity index (χ0n) is 17.4. The number of aromatic nitrogens is 1. The van der Waals surface area contributed by atoms with Gasteiger partial charge in [0, 0.05) is 22.0 Å². The van der Waals surface area contributed by atoms with Crippen molar-refractivity contribution in [3.63, 3.8) is 0 Å². The number of benzene rings is 2. The minimum absolute atomic E-state index is 0.270. The van der Waals surface area contributed by atoms with Crippen LogP contribution in [0.4, 0.5) is 5.69 Å². The molecule has 0 fully saturated rings. The van der Waals surface area contributed by atoms with Gasteiger partial charge in [0.2, 0.25) is 0 Å². The Morgan fingerprint density at radius 3 is 2.53 bits per heavy atom. The van der Waals surface area contributed by atoms with E-state index in [-0.39, 0.29) is 5.69 Å². The number of carbonyl (C=O) groups is 2. The molecule has 0 saturated carbocycles. The van der Waals surface area contributed by atoms with Crippen molar-refractivity contribution in [1.29, 1.82) is 0 Å². The van der Waals surface area contributed by atoms with Gasteiger partial charge < -0.3 is 14.6 Å². The lowest BCUT2D eigenvalue weighted by molar-refractivity contribution is -0.136. The van der Waals surface area contributed by atoms with Gasteiger partial charge in [0.1, 0.15) is 5.75 Å². The number of methoxy groups -OCH3 is 1. The predicted molar refractivity (Wildman–Crippen MR) is 128 cm³/mol. The number of hydrogen-bond donors (Lipinski definition) is 2. The number of anilines is 1. The first-order valence-corrected chi connectivity index (χ1v) is 10.5. The quantitative estimate of drug-likeness (QED) is 0.293. The first kappa shape index (κ1) is 23.7. The van der Waals surface area contributed by atoms with Crippen LogP contribution in [-0.2, 0) is 9.59 Å². The predicted octanol–water partition coefficient (Wildman–Crippen LogP) is 5.15. The smallest absolute Gasteiger partial charge is 0.329 e. The molecule has 0 saturated heterocycles. The van der Waals surface area contributed by atoms with Crippen LogP contribution in [0.25, 0.3) is 5.69 Å². The van der Waals surface area contributed by atoms with Crippen molar-refractivity contribution < 1.29 is 14.3 Å². The summed E-state index contributed by atoms with van der Waals surface area (Å²) in [7, 11) is 1.44. The fourth-order valence-electron chi connectivity index (χ4n) is 3.12. The number of hydrazone groups is 1. The molecular formula is C22H19Cl3N4O3. The number of halogens is 3. The average molecular weight is 494 g/mol. The van der Waals surface area contributed by atoms with Crippen molar-refractivity contribution >= 4 is 58.5 Å². The third-order valence-electron chi connectivity index (χ3n) is 4.63. The highest BCUT2D eigenvalue weighted by Crippen LogP contribution is 2.31. The lowest BCUT2D eigenvalue weighted by Gasteiger charge is -2.12. The van der Waals surface area contributed by atoms with E-state index >= 15 is 0 Å². The van der Waals surface area contributed by atoms with Crippen molar-refractivity contribution in [2.45, 2.75) is 13.8 Å². The summed E-state index contributed by atoms with van der Waals surface area (Å²) in [5.41, 5.74) is 5.66. The molecule has 2 N–H and O–H groups in total. The number of aryl methyl sites for hydroxylation is 1. The second-order valence-corrected chi connectivity index (χ2v) is 7.95. The highest BCUT2D eigenvalue weighted by molar-refractivity contribution is 6.43. The molecule has 1 heterocycles. The molecule has 0 unspecified atom stereocenters. The number of carbonyl (C=O) groups excluding carboxylic acids is 2. The number of hydrogen-bond acceptors (Lipinski definition) is 4. The molecule has 0 atom stereocenters. The van der Waals surface area contributed by atoms with E-state index in [1.54, 1.807) is 18.2 Å². The fraction of sp³-hybridized carbons (Fsp3) is 0.136. The van der Waals surface area contributed by atoms with E-state index in [0.29, 0.717) is 20.8 Å². The van der Waals surface area contributed by atoms with Crippen LogP contribution in [0, 0.1) is 13.8 Å². The first-order valence-electron chi connectivity index (χ1n) is 9.34. The molecule has 0 aliphatic rings. The number of rotatable bonds is 5. The number of nitrogens with one attached hydrogen (secondary N) is 2. The van der Waals surface area contributed by atoms with Gasteiger partial charge in [-0.05, 0) is 50.2 Å². The van der Waals surface area contributed by atoms with Crippen molar-refractivity contribution in [1.82, 2.24) is 9.99 Å². The van der Waals surface area contributed by atoms with Gasteiger partial charge in [0.25, 0.3) is 0 Å². The molecule has 10 heteroatoms. The molecule has 0 spiro atoms. The van der Waals surface area contributed by atoms with Crippen LogP contribution in [0.3, 0.4) is 0 Å². The Morgan fingerprint density at radius 2 is 1.81 bits per heavy atom. The molecule has 166 valence electrons. The fourth-order valence-corrected chi connectivity index (χ4v) is 3.67. The van der Waals surface area contributed by atoms with Gasteiger partial charge in [0.15, 0.2) is 0 Å². The van der Waals surface area contributed by atoms with E-state index in [9.17, 15) is 9.59 Å². The topological polar surface area (TPSA) is 84.7 Å². The Bertz CT molecular complexity index is 1220. The van der Waals surface area contributed by atoms with E-state index in [4.69, 9.17) is 39.5 Å². The summed E-state index contributed by atoms with van der Waals surface area (Å²) < 4.78 is 7.07. The van der Waals surface area contributed by atoms with E-state index in [0.717, 1.165) is 22.6 Å². The van der Waals surface area contributed by atoms with Gasteiger partial charge in [0.05, 0.1) is 34.7 Å². The van der Waals surface area contributed by atoms with Crippen LogP contribution in [0.1, 0.15) is 17.0 Å². The molecule has 2 amide bonds. The maximum atomic E-state index is 12.2. The minimum Gasteiger partial charge on any atom is -0.495 e. The van der Waals surface area contributed by atoms with Crippen molar-refractivity contribution in [2.75, 3.05) is 12.4 Å². The Morgan fingerprint density at radius 1 is 1.06 bits per heavy atom. The third-order valence-corrected chi connectivity index (χ3v) is 5.67. The van der Waals surface area contributed by atoms with Gasteiger partial charge in [-0.2, -0.15) is 5.10 Å². The van der Waals surface area contributed by atoms with Crippen molar-refractivity contribution in [3.8, 4) is 11.4 Å². The van der Waals surface area contributed by atoms with Crippen LogP contribution in [0.2, 0.25) is 15.1 Å². The zero-order valence-corrected chi connectivity index (χ0v) is 19.6. The lowest BCUT2D eigenvalue weighted by atomic mass is 10.2. The first-order chi connectivity index (χ1) is 15.2. The molecule has 1 aromatic heterocycles. The molecule has 0 aliphatic carbocycles. The van der Waals surface area contributed by atoms with E-state index in [1.807, 2.05) is 36.6 Å².